The summed E-state index contributed by atoms with van der Waals surface area (Å²) in [6.07, 6.45) is 23.8. The van der Waals surface area contributed by atoms with Gasteiger partial charge in [0.15, 0.2) is 0 Å². The molecule has 0 aliphatic heterocycles. The number of nitrogens with two attached hydrogens (primary N) is 1. The second kappa shape index (κ2) is 21.1. The first kappa shape index (κ1) is 38.3. The third-order valence-corrected chi connectivity index (χ3v) is 8.00. The van der Waals surface area contributed by atoms with Gasteiger partial charge in [0, 0.05) is 0 Å². The van der Waals surface area contributed by atoms with Crippen molar-refractivity contribution in [2.75, 3.05) is 17.5 Å². The predicted octanol–water partition coefficient (Wildman–Crippen LogP) is 8.62. The monoisotopic (exact) mass is 655 g/mol. The van der Waals surface area contributed by atoms with Crippen LogP contribution in [-0.2, 0) is 10.0 Å². The van der Waals surface area contributed by atoms with E-state index in [0.717, 1.165) is 18.9 Å². The highest BCUT2D eigenvalue weighted by Gasteiger charge is 2.21. The molecule has 2 rings (SSSR count). The molecule has 0 saturated carbocycles. The van der Waals surface area contributed by atoms with E-state index in [0.29, 0.717) is 4.68 Å². The van der Waals surface area contributed by atoms with Crippen LogP contribution in [0.1, 0.15) is 122 Å². The van der Waals surface area contributed by atoms with E-state index in [1.54, 1.807) is 0 Å². The lowest BCUT2D eigenvalue weighted by molar-refractivity contribution is 0.0640. The number of nitrogens with zero attached hydrogens (tertiary/aromatic N) is 3. The molecule has 0 amide bonds. The Labute approximate surface area is 260 Å². The summed E-state index contributed by atoms with van der Waals surface area (Å²) in [5.41, 5.74) is 4.21. The molecule has 0 spiro atoms. The van der Waals surface area contributed by atoms with Crippen LogP contribution >= 0.6 is 23.2 Å². The molecule has 8 nitrogen and oxygen atoms in total. The van der Waals surface area contributed by atoms with Crippen molar-refractivity contribution in [1.82, 2.24) is 14.3 Å². The van der Waals surface area contributed by atoms with Crippen molar-refractivity contribution in [2.24, 2.45) is 5.73 Å². The maximum Gasteiger partial charge on any atom is 0.355 e. The van der Waals surface area contributed by atoms with Crippen LogP contribution < -0.4 is 16.1 Å². The van der Waals surface area contributed by atoms with Gasteiger partial charge >= 0.3 is 12.2 Å². The highest BCUT2D eigenvalue weighted by atomic mass is 35.5. The van der Waals surface area contributed by atoms with Crippen LogP contribution in [0.3, 0.4) is 0 Å². The molecule has 13 heteroatoms. The van der Waals surface area contributed by atoms with Crippen LogP contribution in [0.15, 0.2) is 16.9 Å². The van der Waals surface area contributed by atoms with Gasteiger partial charge in [-0.1, -0.05) is 126 Å². The summed E-state index contributed by atoms with van der Waals surface area (Å²) in [6, 6.07) is 2.31. The van der Waals surface area contributed by atoms with Crippen LogP contribution in [0.4, 0.5) is 14.5 Å². The van der Waals surface area contributed by atoms with Crippen LogP contribution in [0.25, 0.3) is 5.69 Å². The predicted molar refractivity (Wildman–Crippen MR) is 171 cm³/mol. The fourth-order valence-electron chi connectivity index (χ4n) is 4.53. The molecule has 0 fully saturated rings. The van der Waals surface area contributed by atoms with Crippen molar-refractivity contribution in [2.45, 2.75) is 123 Å². The number of sulfonamides is 1. The fraction of sp³-hybridized carbons (Fsp3) is 0.724. The Morgan fingerprint density at radius 2 is 1.31 bits per heavy atom. The number of alkyl halides is 2. The van der Waals surface area contributed by atoms with Gasteiger partial charge in [-0.15, -0.1) is 5.10 Å². The van der Waals surface area contributed by atoms with Gasteiger partial charge in [0.25, 0.3) is 0 Å². The molecule has 0 radical (unpaired) electrons. The zero-order chi connectivity index (χ0) is 31.5. The molecular formula is C29H49Cl2F2N5O3S. The fourth-order valence-corrected chi connectivity index (χ4v) is 5.66. The minimum Gasteiger partial charge on any atom is -0.330 e. The average molecular weight is 657 g/mol. The van der Waals surface area contributed by atoms with Gasteiger partial charge in [-0.2, -0.15) is 13.5 Å². The number of aryl methyl sites for hydroxylation is 1. The smallest absolute Gasteiger partial charge is 0.330 e. The molecule has 0 bridgehead atoms. The van der Waals surface area contributed by atoms with Gasteiger partial charge in [0.05, 0.1) is 27.7 Å². The van der Waals surface area contributed by atoms with Crippen molar-refractivity contribution in [3.63, 3.8) is 0 Å². The zero-order valence-electron chi connectivity index (χ0n) is 25.3. The van der Waals surface area contributed by atoms with Gasteiger partial charge in [0.2, 0.25) is 10.0 Å². The van der Waals surface area contributed by atoms with E-state index in [9.17, 15) is 22.0 Å². The number of hydrogen-bond acceptors (Lipinski definition) is 5. The van der Waals surface area contributed by atoms with Crippen LogP contribution in [0, 0.1) is 6.92 Å². The first-order chi connectivity index (χ1) is 19.9. The SMILES string of the molecule is CCCCCCCCCCCCCCCCCCN.Cc1nn(-c2cc(NS(C)(=O)=O)c(Cl)cc2Cl)c(=O)n1C(F)F. The van der Waals surface area contributed by atoms with E-state index in [4.69, 9.17) is 28.9 Å². The summed E-state index contributed by atoms with van der Waals surface area (Å²) in [5.74, 6) is -0.228. The Morgan fingerprint density at radius 1 is 0.857 bits per heavy atom. The van der Waals surface area contributed by atoms with Gasteiger partial charge in [-0.25, -0.2) is 17.8 Å². The normalized spacial score (nSPS) is 11.5. The van der Waals surface area contributed by atoms with Gasteiger partial charge in [-0.3, -0.25) is 4.72 Å². The second-order valence-corrected chi connectivity index (χ2v) is 13.2. The summed E-state index contributed by atoms with van der Waals surface area (Å²) in [5, 5.41) is 3.63. The molecule has 0 unspecified atom stereocenters. The first-order valence-electron chi connectivity index (χ1n) is 15.1. The number of benzene rings is 1. The van der Waals surface area contributed by atoms with Crippen molar-refractivity contribution in [3.8, 4) is 5.69 Å². The number of rotatable bonds is 20. The number of aromatic nitrogens is 3. The van der Waals surface area contributed by atoms with E-state index in [1.807, 2.05) is 0 Å². The molecule has 3 N–H and O–H groups in total. The molecule has 0 saturated heterocycles. The summed E-state index contributed by atoms with van der Waals surface area (Å²) in [4.78, 5) is 12.0. The molecule has 42 heavy (non-hydrogen) atoms. The Bertz CT molecular complexity index is 1190. The van der Waals surface area contributed by atoms with Crippen LogP contribution in [0.5, 0.6) is 0 Å². The number of unbranched alkanes of at least 4 members (excludes halogenated alkanes) is 15. The first-order valence-corrected chi connectivity index (χ1v) is 17.7. The molecule has 1 aromatic carbocycles. The highest BCUT2D eigenvalue weighted by Crippen LogP contribution is 2.31. The minimum absolute atomic E-state index is 0.0257. The average Bonchev–Trinajstić information content (AvgIpc) is 3.21. The van der Waals surface area contributed by atoms with Crippen molar-refractivity contribution >= 4 is 38.9 Å². The quantitative estimate of drug-likeness (QED) is 0.139. The summed E-state index contributed by atoms with van der Waals surface area (Å²) >= 11 is 11.8. The van der Waals surface area contributed by atoms with E-state index in [1.165, 1.54) is 116 Å². The maximum absolute atomic E-state index is 12.8. The molecule has 2 aromatic rings. The highest BCUT2D eigenvalue weighted by molar-refractivity contribution is 7.92. The van der Waals surface area contributed by atoms with Gasteiger partial charge in [-0.05, 0) is 32.0 Å². The van der Waals surface area contributed by atoms with Gasteiger partial charge < -0.3 is 5.73 Å². The molecule has 0 atom stereocenters. The van der Waals surface area contributed by atoms with Crippen LogP contribution in [-0.4, -0.2) is 35.6 Å². The standard InChI is InChI=1S/C18H39N.C11H10Cl2F2N4O3S/c1-2-3-4-5-6-7-8-9-10-11-12-13-14-15-16-17-18-19;1-5-16-19(11(20)18(5)10(14)15)9-4-8(17-23(2,21)22)6(12)3-7(9)13/h2-19H2,1H3;3-4,10,17H,1-2H3. The Kier molecular flexibility index (Phi) is 19.2. The number of halogens is 4. The zero-order valence-corrected chi connectivity index (χ0v) is 27.6. The molecule has 1 aromatic heterocycles. The summed E-state index contributed by atoms with van der Waals surface area (Å²) in [6.45, 7) is 1.32. The second-order valence-electron chi connectivity index (χ2n) is 10.6. The molecule has 0 aliphatic carbocycles. The largest absolute Gasteiger partial charge is 0.355 e. The van der Waals surface area contributed by atoms with E-state index >= 15 is 0 Å². The maximum atomic E-state index is 12.8. The summed E-state index contributed by atoms with van der Waals surface area (Å²) in [7, 11) is -3.65. The lowest BCUT2D eigenvalue weighted by atomic mass is 10.0. The van der Waals surface area contributed by atoms with Crippen molar-refractivity contribution in [1.29, 1.82) is 0 Å². The number of hydrogen-bond donors (Lipinski definition) is 2. The minimum atomic E-state index is -3.65. The Balaban J connectivity index is 0.000000430. The van der Waals surface area contributed by atoms with Gasteiger partial charge in [0.1, 0.15) is 5.82 Å². The van der Waals surface area contributed by atoms with E-state index in [2.05, 4.69) is 16.7 Å². The topological polar surface area (TPSA) is 112 Å². The summed E-state index contributed by atoms with van der Waals surface area (Å²) < 4.78 is 51.3. The van der Waals surface area contributed by atoms with Crippen molar-refractivity contribution in [3.05, 3.63) is 38.5 Å². The van der Waals surface area contributed by atoms with E-state index < -0.39 is 22.3 Å². The third kappa shape index (κ3) is 15.2. The molecule has 242 valence electrons. The Hall–Kier alpha value is -1.69. The lowest BCUT2D eigenvalue weighted by Gasteiger charge is -2.10. The molecular weight excluding hydrogens is 607 g/mol. The number of nitrogens with one attached hydrogen (secondary N) is 1. The van der Waals surface area contributed by atoms with E-state index in [-0.39, 0.29) is 31.8 Å². The Morgan fingerprint density at radius 3 is 1.69 bits per heavy atom. The molecule has 0 aliphatic rings. The van der Waals surface area contributed by atoms with Crippen molar-refractivity contribution < 1.29 is 17.2 Å². The third-order valence-electron chi connectivity index (χ3n) is 6.79. The lowest BCUT2D eigenvalue weighted by Crippen LogP contribution is -2.25. The van der Waals surface area contributed by atoms with Crippen LogP contribution in [0.2, 0.25) is 10.0 Å². The number of anilines is 1. The molecule has 1 heterocycles.